The minimum Gasteiger partial charge on any atom is -0.478 e. The highest BCUT2D eigenvalue weighted by Gasteiger charge is 2.03. The summed E-state index contributed by atoms with van der Waals surface area (Å²) in [5, 5.41) is 8.55. The number of benzene rings is 2. The minimum absolute atomic E-state index is 0.112. The van der Waals surface area contributed by atoms with E-state index in [0.29, 0.717) is 0 Å². The molecule has 4 nitrogen and oxygen atoms in total. The van der Waals surface area contributed by atoms with E-state index in [2.05, 4.69) is 28.4 Å². The Bertz CT molecular complexity index is 514. The Balaban J connectivity index is 0.000000218. The van der Waals surface area contributed by atoms with Gasteiger partial charge in [0.2, 0.25) is 0 Å². The van der Waals surface area contributed by atoms with Crippen LogP contribution in [0.2, 0.25) is 0 Å². The smallest absolute Gasteiger partial charge is 0.335 e. The molecule has 0 radical (unpaired) electrons. The van der Waals surface area contributed by atoms with Gasteiger partial charge in [0.25, 0.3) is 0 Å². The number of aromatic carboxylic acids is 1. The molecule has 0 aliphatic heterocycles. The molecule has 0 heterocycles. The molecule has 5 heteroatoms. The maximum Gasteiger partial charge on any atom is 0.335 e. The average Bonchev–Trinajstić information content (AvgIpc) is 2.41. The van der Waals surface area contributed by atoms with E-state index < -0.39 is 5.97 Å². The van der Waals surface area contributed by atoms with Crippen LogP contribution < -0.4 is 4.89 Å². The Kier molecular flexibility index (Phi) is 6.43. The molecule has 2 rings (SSSR count). The SMILES string of the molecule is Cc1ccccc1.O=C(O)c1cccc(OOCl)c1. The van der Waals surface area contributed by atoms with Crippen LogP contribution in [-0.2, 0) is 4.44 Å². The normalized spacial score (nSPS) is 9.16. The third-order valence-electron chi connectivity index (χ3n) is 2.15. The highest BCUT2D eigenvalue weighted by atomic mass is 35.5. The number of hydrogen-bond donors (Lipinski definition) is 1. The summed E-state index contributed by atoms with van der Waals surface area (Å²) in [5.74, 6) is -0.792. The molecule has 0 spiro atoms. The topological polar surface area (TPSA) is 55.8 Å². The van der Waals surface area contributed by atoms with E-state index in [1.807, 2.05) is 18.2 Å². The number of aryl methyl sites for hydroxylation is 1. The van der Waals surface area contributed by atoms with Crippen molar-refractivity contribution in [2.45, 2.75) is 6.92 Å². The molecule has 0 unspecified atom stereocenters. The van der Waals surface area contributed by atoms with Crippen molar-refractivity contribution in [3.05, 3.63) is 65.7 Å². The average molecular weight is 281 g/mol. The summed E-state index contributed by atoms with van der Waals surface area (Å²) < 4.78 is 3.84. The maximum atomic E-state index is 10.4. The molecule has 19 heavy (non-hydrogen) atoms. The molecule has 0 bridgehead atoms. The van der Waals surface area contributed by atoms with Crippen LogP contribution in [0, 0.1) is 6.92 Å². The van der Waals surface area contributed by atoms with Crippen molar-refractivity contribution in [1.82, 2.24) is 0 Å². The summed E-state index contributed by atoms with van der Waals surface area (Å²) in [5.41, 5.74) is 1.43. The number of carboxylic acids is 1. The van der Waals surface area contributed by atoms with E-state index in [4.69, 9.17) is 17.0 Å². The zero-order valence-corrected chi connectivity index (χ0v) is 11.0. The summed E-state index contributed by atoms with van der Waals surface area (Å²) in [6.45, 7) is 2.08. The Morgan fingerprint density at radius 3 is 2.26 bits per heavy atom. The van der Waals surface area contributed by atoms with Crippen LogP contribution in [0.4, 0.5) is 0 Å². The minimum atomic E-state index is -1.03. The van der Waals surface area contributed by atoms with Gasteiger partial charge in [0.15, 0.2) is 5.75 Å². The molecular weight excluding hydrogens is 268 g/mol. The molecule has 0 aliphatic carbocycles. The molecule has 0 fully saturated rings. The van der Waals surface area contributed by atoms with E-state index in [0.717, 1.165) is 0 Å². The molecular formula is C14H13ClO4. The van der Waals surface area contributed by atoms with Gasteiger partial charge < -0.3 is 9.99 Å². The number of hydrogen-bond acceptors (Lipinski definition) is 3. The molecule has 2 aromatic rings. The van der Waals surface area contributed by atoms with Crippen LogP contribution in [0.25, 0.3) is 0 Å². The van der Waals surface area contributed by atoms with Crippen molar-refractivity contribution < 1.29 is 19.2 Å². The predicted octanol–water partition coefficient (Wildman–Crippen LogP) is 3.84. The van der Waals surface area contributed by atoms with E-state index in [-0.39, 0.29) is 11.3 Å². The highest BCUT2D eigenvalue weighted by molar-refractivity contribution is 6.06. The van der Waals surface area contributed by atoms with Gasteiger partial charge in [0.05, 0.1) is 5.56 Å². The molecule has 0 aromatic heterocycles. The molecule has 2 aromatic carbocycles. The Morgan fingerprint density at radius 2 is 1.79 bits per heavy atom. The van der Waals surface area contributed by atoms with Crippen molar-refractivity contribution in [3.63, 3.8) is 0 Å². The van der Waals surface area contributed by atoms with Crippen molar-refractivity contribution in [3.8, 4) is 5.75 Å². The van der Waals surface area contributed by atoms with Gasteiger partial charge in [0, 0.05) is 0 Å². The zero-order valence-electron chi connectivity index (χ0n) is 10.2. The van der Waals surface area contributed by atoms with Crippen LogP contribution in [-0.4, -0.2) is 11.1 Å². The summed E-state index contributed by atoms with van der Waals surface area (Å²) in [7, 11) is 0. The second-order valence-corrected chi connectivity index (χ2v) is 3.76. The molecule has 0 saturated heterocycles. The Morgan fingerprint density at radius 1 is 1.11 bits per heavy atom. The van der Waals surface area contributed by atoms with Crippen LogP contribution in [0.1, 0.15) is 15.9 Å². The fraction of sp³-hybridized carbons (Fsp3) is 0.0714. The maximum absolute atomic E-state index is 10.4. The lowest BCUT2D eigenvalue weighted by Gasteiger charge is -1.98. The van der Waals surface area contributed by atoms with Crippen molar-refractivity contribution in [1.29, 1.82) is 0 Å². The number of rotatable bonds is 3. The molecule has 0 aliphatic rings. The first-order valence-corrected chi connectivity index (χ1v) is 5.74. The third kappa shape index (κ3) is 5.90. The number of carboxylic acid groups (broad SMARTS) is 1. The van der Waals surface area contributed by atoms with Crippen molar-refractivity contribution in [2.24, 2.45) is 0 Å². The molecule has 1 N–H and O–H groups in total. The largest absolute Gasteiger partial charge is 0.478 e. The quantitative estimate of drug-likeness (QED) is 0.685. The monoisotopic (exact) mass is 280 g/mol. The van der Waals surface area contributed by atoms with Gasteiger partial charge in [-0.05, 0) is 25.1 Å². The summed E-state index contributed by atoms with van der Waals surface area (Å²) in [6, 6.07) is 16.0. The predicted molar refractivity (Wildman–Crippen MR) is 72.1 cm³/mol. The molecule has 100 valence electrons. The fourth-order valence-corrected chi connectivity index (χ4v) is 1.32. The zero-order chi connectivity index (χ0) is 14.1. The Hall–Kier alpha value is -2.04. The standard InChI is InChI=1S/C7H5ClO4.C7H8/c8-12-11-6-3-1-2-5(4-6)7(9)10;1-7-5-3-2-4-6-7/h1-4H,(H,9,10);2-6H,1H3. The van der Waals surface area contributed by atoms with E-state index in [9.17, 15) is 4.79 Å². The first-order valence-electron chi connectivity index (χ1n) is 5.43. The van der Waals surface area contributed by atoms with E-state index >= 15 is 0 Å². The van der Waals surface area contributed by atoms with Crippen LogP contribution in [0.5, 0.6) is 5.75 Å². The summed E-state index contributed by atoms with van der Waals surface area (Å²) in [6.07, 6.45) is 0. The van der Waals surface area contributed by atoms with Crippen molar-refractivity contribution >= 4 is 17.8 Å². The lowest BCUT2D eigenvalue weighted by molar-refractivity contribution is -0.0919. The first-order chi connectivity index (χ1) is 9.13. The van der Waals surface area contributed by atoms with Crippen LogP contribution >= 0.6 is 11.9 Å². The number of halogens is 1. The van der Waals surface area contributed by atoms with Gasteiger partial charge in [-0.2, -0.15) is 0 Å². The van der Waals surface area contributed by atoms with E-state index in [1.165, 1.54) is 29.8 Å². The molecule has 0 saturated carbocycles. The lowest BCUT2D eigenvalue weighted by atomic mass is 10.2. The van der Waals surface area contributed by atoms with E-state index in [1.54, 1.807) is 0 Å². The van der Waals surface area contributed by atoms with Crippen molar-refractivity contribution in [2.75, 3.05) is 0 Å². The number of carbonyl (C=O) groups is 1. The van der Waals surface area contributed by atoms with Gasteiger partial charge in [-0.25, -0.2) is 4.79 Å². The van der Waals surface area contributed by atoms with Gasteiger partial charge in [-0.3, -0.25) is 0 Å². The van der Waals surface area contributed by atoms with Gasteiger partial charge in [-0.15, -0.1) is 0 Å². The van der Waals surface area contributed by atoms with Crippen LogP contribution in [0.15, 0.2) is 54.6 Å². The van der Waals surface area contributed by atoms with Gasteiger partial charge >= 0.3 is 5.97 Å². The Labute approximate surface area is 116 Å². The highest BCUT2D eigenvalue weighted by Crippen LogP contribution is 2.13. The second kappa shape index (κ2) is 8.13. The molecule has 0 atom stereocenters. The van der Waals surface area contributed by atoms with Crippen LogP contribution in [0.3, 0.4) is 0 Å². The third-order valence-corrected chi connectivity index (χ3v) is 2.21. The summed E-state index contributed by atoms with van der Waals surface area (Å²) in [4.78, 5) is 14.8. The van der Waals surface area contributed by atoms with Gasteiger partial charge in [-0.1, -0.05) is 46.4 Å². The summed E-state index contributed by atoms with van der Waals surface area (Å²) >= 11 is 4.80. The van der Waals surface area contributed by atoms with Gasteiger partial charge in [0.1, 0.15) is 11.9 Å². The fourth-order valence-electron chi connectivity index (χ4n) is 1.25. The lowest BCUT2D eigenvalue weighted by Crippen LogP contribution is -1.96. The first kappa shape index (κ1) is 15.0. The second-order valence-electron chi connectivity index (χ2n) is 3.63. The molecule has 0 amide bonds.